The standard InChI is InChI=1S/C11H11N5O/c12-11-15-8-6(4-7-2-1-3-13-7)5-14-9(8)10(17)16-11/h1-3,5,13-14H,4H2,(H3,12,15,16,17). The van der Waals surface area contributed by atoms with Crippen molar-refractivity contribution in [2.45, 2.75) is 6.42 Å². The van der Waals surface area contributed by atoms with Crippen molar-refractivity contribution in [2.75, 3.05) is 5.73 Å². The Morgan fingerprint density at radius 3 is 3.00 bits per heavy atom. The summed E-state index contributed by atoms with van der Waals surface area (Å²) in [5.74, 6) is 0.134. The van der Waals surface area contributed by atoms with Crippen molar-refractivity contribution in [3.05, 3.63) is 46.1 Å². The van der Waals surface area contributed by atoms with E-state index in [9.17, 15) is 4.79 Å². The second-order valence-electron chi connectivity index (χ2n) is 3.86. The molecule has 0 aliphatic rings. The Labute approximate surface area is 95.9 Å². The molecule has 0 aliphatic carbocycles. The third-order valence-electron chi connectivity index (χ3n) is 2.68. The molecule has 0 fully saturated rings. The quantitative estimate of drug-likeness (QED) is 0.521. The van der Waals surface area contributed by atoms with Gasteiger partial charge in [0.2, 0.25) is 5.95 Å². The van der Waals surface area contributed by atoms with E-state index in [1.807, 2.05) is 18.3 Å². The lowest BCUT2D eigenvalue weighted by atomic mass is 10.1. The van der Waals surface area contributed by atoms with Gasteiger partial charge in [0.25, 0.3) is 5.56 Å². The molecule has 3 aromatic heterocycles. The van der Waals surface area contributed by atoms with Gasteiger partial charge in [-0.3, -0.25) is 9.78 Å². The Morgan fingerprint density at radius 2 is 2.24 bits per heavy atom. The summed E-state index contributed by atoms with van der Waals surface area (Å²) in [5.41, 5.74) is 8.38. The Balaban J connectivity index is 2.15. The first kappa shape index (κ1) is 9.71. The number of aromatic amines is 3. The predicted octanol–water partition coefficient (Wildman–Crippen LogP) is 0.752. The molecular formula is C11H11N5O. The molecular weight excluding hydrogens is 218 g/mol. The first-order valence-corrected chi connectivity index (χ1v) is 5.22. The van der Waals surface area contributed by atoms with E-state index in [2.05, 4.69) is 19.9 Å². The van der Waals surface area contributed by atoms with Crippen molar-refractivity contribution in [3.63, 3.8) is 0 Å². The zero-order chi connectivity index (χ0) is 11.8. The molecule has 0 unspecified atom stereocenters. The molecule has 0 aromatic carbocycles. The van der Waals surface area contributed by atoms with Crippen LogP contribution < -0.4 is 11.3 Å². The first-order valence-electron chi connectivity index (χ1n) is 5.22. The number of nitrogens with zero attached hydrogens (tertiary/aromatic N) is 1. The Kier molecular flexibility index (Phi) is 2.01. The van der Waals surface area contributed by atoms with Gasteiger partial charge in [0.15, 0.2) is 0 Å². The van der Waals surface area contributed by atoms with Gasteiger partial charge >= 0.3 is 0 Å². The van der Waals surface area contributed by atoms with E-state index in [-0.39, 0.29) is 11.5 Å². The maximum absolute atomic E-state index is 11.6. The largest absolute Gasteiger partial charge is 0.369 e. The minimum atomic E-state index is -0.245. The van der Waals surface area contributed by atoms with Crippen LogP contribution in [-0.4, -0.2) is 19.9 Å². The Morgan fingerprint density at radius 1 is 1.35 bits per heavy atom. The molecule has 6 nitrogen and oxygen atoms in total. The van der Waals surface area contributed by atoms with Crippen LogP contribution in [-0.2, 0) is 6.42 Å². The number of rotatable bonds is 2. The van der Waals surface area contributed by atoms with E-state index in [0.29, 0.717) is 17.5 Å². The summed E-state index contributed by atoms with van der Waals surface area (Å²) in [6.07, 6.45) is 4.33. The highest BCUT2D eigenvalue weighted by atomic mass is 16.1. The number of nitrogens with one attached hydrogen (secondary N) is 3. The molecule has 6 heteroatoms. The lowest BCUT2D eigenvalue weighted by Crippen LogP contribution is -2.11. The van der Waals surface area contributed by atoms with Gasteiger partial charge in [-0.2, -0.15) is 0 Å². The number of aromatic nitrogens is 4. The zero-order valence-electron chi connectivity index (χ0n) is 8.95. The normalized spacial score (nSPS) is 11.1. The smallest absolute Gasteiger partial charge is 0.276 e. The predicted molar refractivity (Wildman–Crippen MR) is 64.7 cm³/mol. The van der Waals surface area contributed by atoms with Crippen molar-refractivity contribution in [1.29, 1.82) is 0 Å². The van der Waals surface area contributed by atoms with Crippen LogP contribution in [0.25, 0.3) is 11.0 Å². The van der Waals surface area contributed by atoms with Gasteiger partial charge in [0, 0.05) is 30.1 Å². The van der Waals surface area contributed by atoms with Crippen LogP contribution in [0.3, 0.4) is 0 Å². The van der Waals surface area contributed by atoms with Crippen LogP contribution in [0.4, 0.5) is 5.95 Å². The van der Waals surface area contributed by atoms with Crippen molar-refractivity contribution < 1.29 is 0 Å². The minimum absolute atomic E-state index is 0.134. The summed E-state index contributed by atoms with van der Waals surface area (Å²) < 4.78 is 0. The summed E-state index contributed by atoms with van der Waals surface area (Å²) in [4.78, 5) is 24.2. The molecule has 5 N–H and O–H groups in total. The van der Waals surface area contributed by atoms with E-state index in [0.717, 1.165) is 11.3 Å². The second-order valence-corrected chi connectivity index (χ2v) is 3.86. The lowest BCUT2D eigenvalue weighted by Gasteiger charge is -1.97. The number of fused-ring (bicyclic) bond motifs is 1. The van der Waals surface area contributed by atoms with Crippen molar-refractivity contribution >= 4 is 17.0 Å². The van der Waals surface area contributed by atoms with Gasteiger partial charge in [-0.25, -0.2) is 4.98 Å². The SMILES string of the molecule is Nc1nc2c(Cc3ccc[nH]3)c[nH]c2c(=O)[nH]1. The molecule has 0 saturated carbocycles. The maximum atomic E-state index is 11.6. The zero-order valence-corrected chi connectivity index (χ0v) is 8.95. The van der Waals surface area contributed by atoms with E-state index in [1.165, 1.54) is 0 Å². The van der Waals surface area contributed by atoms with Crippen LogP contribution in [0.2, 0.25) is 0 Å². The highest BCUT2D eigenvalue weighted by Gasteiger charge is 2.10. The van der Waals surface area contributed by atoms with Crippen LogP contribution >= 0.6 is 0 Å². The van der Waals surface area contributed by atoms with Crippen molar-refractivity contribution in [3.8, 4) is 0 Å². The summed E-state index contributed by atoms with van der Waals surface area (Å²) in [7, 11) is 0. The van der Waals surface area contributed by atoms with Gasteiger partial charge in [0.1, 0.15) is 11.0 Å². The fourth-order valence-electron chi connectivity index (χ4n) is 1.90. The average Bonchev–Trinajstić information content (AvgIpc) is 2.89. The first-order chi connectivity index (χ1) is 8.24. The molecule has 0 amide bonds. The molecule has 3 heterocycles. The summed E-state index contributed by atoms with van der Waals surface area (Å²) in [5, 5.41) is 0. The number of anilines is 1. The second kappa shape index (κ2) is 3.51. The summed E-state index contributed by atoms with van der Waals surface area (Å²) in [6, 6.07) is 3.91. The maximum Gasteiger partial charge on any atom is 0.276 e. The molecule has 0 aliphatic heterocycles. The lowest BCUT2D eigenvalue weighted by molar-refractivity contribution is 1.11. The average molecular weight is 229 g/mol. The molecule has 17 heavy (non-hydrogen) atoms. The third-order valence-corrected chi connectivity index (χ3v) is 2.68. The van der Waals surface area contributed by atoms with Crippen molar-refractivity contribution in [1.82, 2.24) is 19.9 Å². The monoisotopic (exact) mass is 229 g/mol. The van der Waals surface area contributed by atoms with Gasteiger partial charge in [-0.1, -0.05) is 0 Å². The van der Waals surface area contributed by atoms with Crippen LogP contribution in [0.5, 0.6) is 0 Å². The fourth-order valence-corrected chi connectivity index (χ4v) is 1.90. The third kappa shape index (κ3) is 1.59. The van der Waals surface area contributed by atoms with E-state index < -0.39 is 0 Å². The highest BCUT2D eigenvalue weighted by molar-refractivity contribution is 5.79. The number of hydrogen-bond acceptors (Lipinski definition) is 3. The Bertz CT molecular complexity index is 707. The number of H-pyrrole nitrogens is 3. The van der Waals surface area contributed by atoms with Crippen LogP contribution in [0.1, 0.15) is 11.3 Å². The highest BCUT2D eigenvalue weighted by Crippen LogP contribution is 2.16. The Hall–Kier alpha value is -2.50. The van der Waals surface area contributed by atoms with E-state index in [1.54, 1.807) is 6.20 Å². The van der Waals surface area contributed by atoms with Gasteiger partial charge in [0.05, 0.1) is 0 Å². The fraction of sp³-hybridized carbons (Fsp3) is 0.0909. The van der Waals surface area contributed by atoms with Gasteiger partial charge in [-0.05, 0) is 12.1 Å². The number of nitrogens with two attached hydrogens (primary N) is 1. The van der Waals surface area contributed by atoms with Crippen molar-refractivity contribution in [2.24, 2.45) is 0 Å². The minimum Gasteiger partial charge on any atom is -0.369 e. The molecule has 0 atom stereocenters. The van der Waals surface area contributed by atoms with Gasteiger partial charge in [-0.15, -0.1) is 0 Å². The summed E-state index contributed by atoms with van der Waals surface area (Å²) >= 11 is 0. The molecule has 3 rings (SSSR count). The summed E-state index contributed by atoms with van der Waals surface area (Å²) in [6.45, 7) is 0. The van der Waals surface area contributed by atoms with Gasteiger partial charge < -0.3 is 15.7 Å². The molecule has 0 saturated heterocycles. The van der Waals surface area contributed by atoms with E-state index in [4.69, 9.17) is 5.73 Å². The van der Waals surface area contributed by atoms with E-state index >= 15 is 0 Å². The molecule has 86 valence electrons. The van der Waals surface area contributed by atoms with Crippen LogP contribution in [0.15, 0.2) is 29.3 Å². The molecule has 0 bridgehead atoms. The molecule has 3 aromatic rings. The number of hydrogen-bond donors (Lipinski definition) is 4. The number of nitrogen functional groups attached to an aromatic ring is 1. The van der Waals surface area contributed by atoms with Crippen LogP contribution in [0, 0.1) is 0 Å². The molecule has 0 radical (unpaired) electrons. The topological polar surface area (TPSA) is 103 Å². The molecule has 0 spiro atoms.